The van der Waals surface area contributed by atoms with E-state index < -0.39 is 27.9 Å². The SMILES string of the molecule is O=C(O)C(Cl)=C(Cl)C(=O)Nc1ccc2c(=O)n3c(nc2c1)C(=Cc1ccc(C(=O)O)cc1)CC3. The van der Waals surface area contributed by atoms with Crippen molar-refractivity contribution in [2.75, 3.05) is 5.32 Å². The summed E-state index contributed by atoms with van der Waals surface area (Å²) in [5.41, 5.74) is 2.07. The van der Waals surface area contributed by atoms with Crippen molar-refractivity contribution in [3.05, 3.63) is 79.8 Å². The minimum atomic E-state index is -1.54. The van der Waals surface area contributed by atoms with Crippen LogP contribution < -0.4 is 10.9 Å². The fourth-order valence-electron chi connectivity index (χ4n) is 3.53. The standard InChI is InChI=1S/C23H15Cl2N3O6/c24-17(18(25)23(33)34)20(29)26-14-5-6-15-16(10-14)27-19-13(7-8-28(19)21(15)30)9-11-1-3-12(4-2-11)22(31)32/h1-6,9-10H,7-8H2,(H,26,29)(H,31,32)(H,33,34). The number of nitrogens with one attached hydrogen (secondary N) is 1. The zero-order chi connectivity index (χ0) is 24.6. The Morgan fingerprint density at radius 1 is 1.03 bits per heavy atom. The number of allylic oxidation sites excluding steroid dienone is 1. The smallest absolute Gasteiger partial charge is 0.349 e. The molecule has 0 spiro atoms. The molecule has 9 nitrogen and oxygen atoms in total. The van der Waals surface area contributed by atoms with Crippen LogP contribution in [0.5, 0.6) is 0 Å². The first-order valence-electron chi connectivity index (χ1n) is 9.84. The molecule has 1 aliphatic rings. The van der Waals surface area contributed by atoms with Crippen LogP contribution in [0.2, 0.25) is 0 Å². The Labute approximate surface area is 201 Å². The van der Waals surface area contributed by atoms with Crippen molar-refractivity contribution in [1.82, 2.24) is 9.55 Å². The highest BCUT2D eigenvalue weighted by atomic mass is 35.5. The van der Waals surface area contributed by atoms with Gasteiger partial charge in [0.2, 0.25) is 0 Å². The van der Waals surface area contributed by atoms with Gasteiger partial charge in [-0.3, -0.25) is 14.2 Å². The Morgan fingerprint density at radius 3 is 2.38 bits per heavy atom. The van der Waals surface area contributed by atoms with Gasteiger partial charge in [0.25, 0.3) is 11.5 Å². The molecule has 0 saturated heterocycles. The predicted molar refractivity (Wildman–Crippen MR) is 127 cm³/mol. The van der Waals surface area contributed by atoms with Gasteiger partial charge in [-0.15, -0.1) is 0 Å². The van der Waals surface area contributed by atoms with E-state index in [0.717, 1.165) is 11.1 Å². The second-order valence-corrected chi connectivity index (χ2v) is 8.11. The summed E-state index contributed by atoms with van der Waals surface area (Å²) in [5.74, 6) is -3.01. The van der Waals surface area contributed by atoms with Gasteiger partial charge in [-0.1, -0.05) is 35.3 Å². The number of carboxylic acid groups (broad SMARTS) is 2. The molecule has 34 heavy (non-hydrogen) atoms. The number of hydrogen-bond donors (Lipinski definition) is 3. The molecule has 3 N–H and O–H groups in total. The van der Waals surface area contributed by atoms with Crippen LogP contribution in [-0.2, 0) is 16.1 Å². The summed E-state index contributed by atoms with van der Waals surface area (Å²) in [5, 5.41) is 19.2. The number of amides is 1. The van der Waals surface area contributed by atoms with Crippen molar-refractivity contribution in [3.63, 3.8) is 0 Å². The monoisotopic (exact) mass is 499 g/mol. The molecule has 0 aliphatic carbocycles. The van der Waals surface area contributed by atoms with Crippen LogP contribution in [0.1, 0.15) is 28.2 Å². The fourth-order valence-corrected chi connectivity index (χ4v) is 3.75. The number of hydrogen-bond acceptors (Lipinski definition) is 5. The van der Waals surface area contributed by atoms with E-state index >= 15 is 0 Å². The molecular weight excluding hydrogens is 485 g/mol. The third kappa shape index (κ3) is 4.43. The molecule has 0 atom stereocenters. The van der Waals surface area contributed by atoms with Crippen LogP contribution in [0.3, 0.4) is 0 Å². The number of carbonyl (C=O) groups is 3. The Bertz CT molecular complexity index is 1490. The van der Waals surface area contributed by atoms with Crippen molar-refractivity contribution < 1.29 is 24.6 Å². The Balaban J connectivity index is 1.70. The Kier molecular flexibility index (Phi) is 6.23. The maximum atomic E-state index is 13.0. The maximum absolute atomic E-state index is 13.0. The number of carbonyl (C=O) groups excluding carboxylic acids is 1. The van der Waals surface area contributed by atoms with Gasteiger partial charge in [-0.05, 0) is 54.0 Å². The van der Waals surface area contributed by atoms with Gasteiger partial charge in [0.15, 0.2) is 0 Å². The van der Waals surface area contributed by atoms with E-state index in [-0.39, 0.29) is 16.8 Å². The number of anilines is 1. The minimum absolute atomic E-state index is 0.170. The first-order chi connectivity index (χ1) is 16.2. The lowest BCUT2D eigenvalue weighted by Gasteiger charge is -2.09. The average molecular weight is 500 g/mol. The number of rotatable bonds is 5. The molecule has 1 aromatic heterocycles. The summed E-state index contributed by atoms with van der Waals surface area (Å²) in [4.78, 5) is 51.7. The van der Waals surface area contributed by atoms with Crippen LogP contribution in [-0.4, -0.2) is 37.6 Å². The molecule has 0 saturated carbocycles. The molecule has 11 heteroatoms. The van der Waals surface area contributed by atoms with E-state index in [1.807, 2.05) is 6.08 Å². The number of fused-ring (bicyclic) bond motifs is 2. The summed E-state index contributed by atoms with van der Waals surface area (Å²) in [6.45, 7) is 0.447. The highest BCUT2D eigenvalue weighted by Crippen LogP contribution is 2.28. The molecule has 2 aromatic carbocycles. The third-order valence-corrected chi connectivity index (χ3v) is 5.99. The molecular formula is C23H15Cl2N3O6. The molecule has 0 radical (unpaired) electrons. The maximum Gasteiger partial charge on any atom is 0.349 e. The minimum Gasteiger partial charge on any atom is -0.478 e. The number of aromatic carboxylic acids is 1. The molecule has 0 fully saturated rings. The van der Waals surface area contributed by atoms with E-state index in [0.29, 0.717) is 29.7 Å². The Hall–Kier alpha value is -3.95. The van der Waals surface area contributed by atoms with Gasteiger partial charge in [-0.2, -0.15) is 0 Å². The third-order valence-electron chi connectivity index (χ3n) is 5.18. The first-order valence-corrected chi connectivity index (χ1v) is 10.6. The van der Waals surface area contributed by atoms with Crippen LogP contribution >= 0.6 is 23.2 Å². The highest BCUT2D eigenvalue weighted by molar-refractivity contribution is 6.54. The molecule has 0 bridgehead atoms. The van der Waals surface area contributed by atoms with E-state index in [2.05, 4.69) is 10.3 Å². The zero-order valence-electron chi connectivity index (χ0n) is 17.2. The topological polar surface area (TPSA) is 139 Å². The summed E-state index contributed by atoms with van der Waals surface area (Å²) < 4.78 is 1.56. The lowest BCUT2D eigenvalue weighted by Crippen LogP contribution is -2.21. The van der Waals surface area contributed by atoms with Crippen LogP contribution in [0.25, 0.3) is 22.6 Å². The van der Waals surface area contributed by atoms with Gasteiger partial charge in [0, 0.05) is 12.2 Å². The predicted octanol–water partition coefficient (Wildman–Crippen LogP) is 3.75. The number of aromatic nitrogens is 2. The van der Waals surface area contributed by atoms with Crippen LogP contribution in [0.15, 0.2) is 57.3 Å². The molecule has 3 aromatic rings. The van der Waals surface area contributed by atoms with Gasteiger partial charge in [0.1, 0.15) is 15.9 Å². The molecule has 4 rings (SSSR count). The number of halogens is 2. The van der Waals surface area contributed by atoms with Crippen LogP contribution in [0.4, 0.5) is 5.69 Å². The van der Waals surface area contributed by atoms with Gasteiger partial charge >= 0.3 is 11.9 Å². The summed E-state index contributed by atoms with van der Waals surface area (Å²) in [6.07, 6.45) is 2.41. The average Bonchev–Trinajstić information content (AvgIpc) is 3.20. The lowest BCUT2D eigenvalue weighted by atomic mass is 10.1. The zero-order valence-corrected chi connectivity index (χ0v) is 18.7. The number of benzene rings is 2. The van der Waals surface area contributed by atoms with E-state index in [9.17, 15) is 19.2 Å². The van der Waals surface area contributed by atoms with Crippen molar-refractivity contribution >= 4 is 69.3 Å². The summed E-state index contributed by atoms with van der Waals surface area (Å²) in [7, 11) is 0. The van der Waals surface area contributed by atoms with E-state index in [1.54, 1.807) is 16.7 Å². The van der Waals surface area contributed by atoms with Crippen molar-refractivity contribution in [1.29, 1.82) is 0 Å². The molecule has 1 aliphatic heterocycles. The van der Waals surface area contributed by atoms with E-state index in [1.165, 1.54) is 30.3 Å². The fraction of sp³-hybridized carbons (Fsp3) is 0.0870. The van der Waals surface area contributed by atoms with Gasteiger partial charge in [-0.25, -0.2) is 14.6 Å². The first kappa shape index (κ1) is 23.2. The number of nitrogens with zero attached hydrogens (tertiary/aromatic N) is 2. The molecule has 2 heterocycles. The van der Waals surface area contributed by atoms with Gasteiger partial charge in [0.05, 0.1) is 16.5 Å². The van der Waals surface area contributed by atoms with Crippen molar-refractivity contribution in [2.45, 2.75) is 13.0 Å². The molecule has 172 valence electrons. The number of carboxylic acids is 2. The van der Waals surface area contributed by atoms with Crippen molar-refractivity contribution in [3.8, 4) is 0 Å². The summed E-state index contributed by atoms with van der Waals surface area (Å²) >= 11 is 11.2. The quantitative estimate of drug-likeness (QED) is 0.454. The largest absolute Gasteiger partial charge is 0.478 e. The van der Waals surface area contributed by atoms with Gasteiger partial charge < -0.3 is 15.5 Å². The van der Waals surface area contributed by atoms with Crippen LogP contribution in [0, 0.1) is 0 Å². The summed E-state index contributed by atoms with van der Waals surface area (Å²) in [6, 6.07) is 10.8. The van der Waals surface area contributed by atoms with E-state index in [4.69, 9.17) is 33.4 Å². The van der Waals surface area contributed by atoms with Crippen molar-refractivity contribution in [2.24, 2.45) is 0 Å². The second-order valence-electron chi connectivity index (χ2n) is 7.36. The normalized spacial score (nSPS) is 14.6. The lowest BCUT2D eigenvalue weighted by molar-refractivity contribution is -0.132. The molecule has 0 unspecified atom stereocenters. The Morgan fingerprint density at radius 2 is 1.74 bits per heavy atom. The second kappa shape index (κ2) is 9.12. The highest BCUT2D eigenvalue weighted by Gasteiger charge is 2.22. The number of aliphatic carboxylic acids is 1. The molecule has 1 amide bonds.